The number of fused-ring (bicyclic) bond motifs is 2. The Kier molecular flexibility index (Phi) is 5.10. The van der Waals surface area contributed by atoms with Gasteiger partial charge in [0.15, 0.2) is 0 Å². The van der Waals surface area contributed by atoms with E-state index in [-0.39, 0.29) is 12.2 Å². The van der Waals surface area contributed by atoms with E-state index < -0.39 is 5.97 Å². The minimum Gasteiger partial charge on any atom is -0.497 e. The molecule has 0 fully saturated rings. The number of rotatable bonds is 4. The highest BCUT2D eigenvalue weighted by molar-refractivity contribution is 5.94. The lowest BCUT2D eigenvalue weighted by Crippen LogP contribution is -2.24. The molecule has 2 heterocycles. The van der Waals surface area contributed by atoms with E-state index in [9.17, 15) is 9.59 Å². The number of nitrogens with zero attached hydrogens (tertiary/aromatic N) is 2. The molecule has 144 valence electrons. The number of ether oxygens (including phenoxy) is 2. The average molecular weight is 378 g/mol. The molecule has 0 bridgehead atoms. The third-order valence-electron chi connectivity index (χ3n) is 5.08. The molecular weight excluding hydrogens is 356 g/mol. The number of methoxy groups -OCH3 is 1. The van der Waals surface area contributed by atoms with E-state index in [4.69, 9.17) is 9.47 Å². The summed E-state index contributed by atoms with van der Waals surface area (Å²) in [4.78, 5) is 29.9. The summed E-state index contributed by atoms with van der Waals surface area (Å²) in [5.41, 5.74) is 1.79. The van der Waals surface area contributed by atoms with Crippen molar-refractivity contribution in [1.29, 1.82) is 0 Å². The fourth-order valence-electron chi connectivity index (χ4n) is 3.50. The van der Waals surface area contributed by atoms with Crippen LogP contribution in [0, 0.1) is 0 Å². The zero-order valence-electron chi connectivity index (χ0n) is 15.8. The highest BCUT2D eigenvalue weighted by atomic mass is 16.5. The Morgan fingerprint density at radius 1 is 1.11 bits per heavy atom. The van der Waals surface area contributed by atoms with Crippen LogP contribution < -0.4 is 10.3 Å². The standard InChI is InChI=1S/C22H22N2O4/c1-27-17-9-6-15(7-10-17)14-28-22(26)16-8-11-18-19(13-16)23-20-5-3-2-4-12-24(20)21(18)25/h6-11,13H,2-5,12,14H2,1H3. The van der Waals surface area contributed by atoms with Crippen molar-refractivity contribution in [3.8, 4) is 5.75 Å². The van der Waals surface area contributed by atoms with Crippen molar-refractivity contribution >= 4 is 16.9 Å². The monoisotopic (exact) mass is 378 g/mol. The molecule has 1 aromatic heterocycles. The van der Waals surface area contributed by atoms with Gasteiger partial charge in [0.05, 0.1) is 23.6 Å². The van der Waals surface area contributed by atoms with Crippen LogP contribution in [0.4, 0.5) is 0 Å². The lowest BCUT2D eigenvalue weighted by Gasteiger charge is -2.11. The maximum Gasteiger partial charge on any atom is 0.338 e. The molecule has 0 radical (unpaired) electrons. The van der Waals surface area contributed by atoms with Crippen LogP contribution in [-0.2, 0) is 24.3 Å². The first-order chi connectivity index (χ1) is 13.7. The van der Waals surface area contributed by atoms with Crippen LogP contribution in [0.5, 0.6) is 5.75 Å². The van der Waals surface area contributed by atoms with Gasteiger partial charge in [0, 0.05) is 13.0 Å². The number of aryl methyl sites for hydroxylation is 1. The molecule has 3 aromatic rings. The number of aromatic nitrogens is 2. The molecule has 6 nitrogen and oxygen atoms in total. The maximum atomic E-state index is 12.8. The highest BCUT2D eigenvalue weighted by Crippen LogP contribution is 2.18. The van der Waals surface area contributed by atoms with Gasteiger partial charge in [-0.2, -0.15) is 0 Å². The predicted molar refractivity (Wildman–Crippen MR) is 106 cm³/mol. The number of hydrogen-bond acceptors (Lipinski definition) is 5. The van der Waals surface area contributed by atoms with Gasteiger partial charge >= 0.3 is 5.97 Å². The smallest absolute Gasteiger partial charge is 0.338 e. The summed E-state index contributed by atoms with van der Waals surface area (Å²) in [5, 5.41) is 0.539. The van der Waals surface area contributed by atoms with E-state index in [1.807, 2.05) is 24.3 Å². The lowest BCUT2D eigenvalue weighted by molar-refractivity contribution is 0.0473. The average Bonchev–Trinajstić information content (AvgIpc) is 2.98. The summed E-state index contributed by atoms with van der Waals surface area (Å²) in [6.45, 7) is 0.879. The Balaban J connectivity index is 1.56. The number of hydrogen-bond donors (Lipinski definition) is 0. The molecule has 4 rings (SSSR count). The van der Waals surface area contributed by atoms with Gasteiger partial charge in [0.1, 0.15) is 18.2 Å². The number of benzene rings is 2. The molecule has 0 N–H and O–H groups in total. The van der Waals surface area contributed by atoms with Gasteiger partial charge in [-0.05, 0) is 48.7 Å². The van der Waals surface area contributed by atoms with E-state index in [0.29, 0.717) is 23.0 Å². The van der Waals surface area contributed by atoms with E-state index in [2.05, 4.69) is 4.98 Å². The number of carbonyl (C=O) groups is 1. The van der Waals surface area contributed by atoms with Crippen molar-refractivity contribution in [2.45, 2.75) is 38.8 Å². The molecule has 1 aliphatic rings. The van der Waals surface area contributed by atoms with Crippen LogP contribution in [0.25, 0.3) is 10.9 Å². The van der Waals surface area contributed by atoms with Gasteiger partial charge < -0.3 is 9.47 Å². The summed E-state index contributed by atoms with van der Waals surface area (Å²) in [6, 6.07) is 12.3. The van der Waals surface area contributed by atoms with Gasteiger partial charge in [-0.3, -0.25) is 9.36 Å². The Bertz CT molecular complexity index is 1070. The molecular formula is C22H22N2O4. The first-order valence-corrected chi connectivity index (χ1v) is 9.49. The minimum absolute atomic E-state index is 0.0277. The van der Waals surface area contributed by atoms with Crippen LogP contribution >= 0.6 is 0 Å². The second-order valence-electron chi connectivity index (χ2n) is 6.95. The molecule has 0 spiro atoms. The summed E-state index contributed by atoms with van der Waals surface area (Å²) >= 11 is 0. The zero-order valence-corrected chi connectivity index (χ0v) is 15.8. The molecule has 28 heavy (non-hydrogen) atoms. The number of esters is 1. The second-order valence-corrected chi connectivity index (χ2v) is 6.95. The van der Waals surface area contributed by atoms with Crippen LogP contribution in [0.2, 0.25) is 0 Å². The molecule has 2 aromatic carbocycles. The third-order valence-corrected chi connectivity index (χ3v) is 5.08. The molecule has 0 aliphatic carbocycles. The van der Waals surface area contributed by atoms with Crippen molar-refractivity contribution in [3.63, 3.8) is 0 Å². The van der Waals surface area contributed by atoms with E-state index in [1.165, 1.54) is 0 Å². The molecule has 1 aliphatic heterocycles. The Hall–Kier alpha value is -3.15. The number of carbonyl (C=O) groups excluding carboxylic acids is 1. The quantitative estimate of drug-likeness (QED) is 0.650. The predicted octanol–water partition coefficient (Wildman–Crippen LogP) is 3.49. The van der Waals surface area contributed by atoms with E-state index in [1.54, 1.807) is 29.9 Å². The molecule has 0 atom stereocenters. The molecule has 0 unspecified atom stereocenters. The molecule has 6 heteroatoms. The van der Waals surface area contributed by atoms with Crippen molar-refractivity contribution < 1.29 is 14.3 Å². The summed E-state index contributed by atoms with van der Waals surface area (Å²) in [5.74, 6) is 1.12. The van der Waals surface area contributed by atoms with Crippen molar-refractivity contribution in [2.75, 3.05) is 7.11 Å². The van der Waals surface area contributed by atoms with Gasteiger partial charge in [-0.1, -0.05) is 18.6 Å². The van der Waals surface area contributed by atoms with Crippen molar-refractivity contribution in [3.05, 3.63) is 69.8 Å². The fourth-order valence-corrected chi connectivity index (χ4v) is 3.50. The minimum atomic E-state index is -0.436. The summed E-state index contributed by atoms with van der Waals surface area (Å²) < 4.78 is 12.3. The van der Waals surface area contributed by atoms with Crippen LogP contribution in [-0.4, -0.2) is 22.6 Å². The van der Waals surface area contributed by atoms with Crippen LogP contribution in [0.1, 0.15) is 41.0 Å². The lowest BCUT2D eigenvalue weighted by atomic mass is 10.1. The topological polar surface area (TPSA) is 70.4 Å². The molecule has 0 amide bonds. The second kappa shape index (κ2) is 7.84. The van der Waals surface area contributed by atoms with Crippen LogP contribution in [0.3, 0.4) is 0 Å². The van der Waals surface area contributed by atoms with Crippen LogP contribution in [0.15, 0.2) is 47.3 Å². The fraction of sp³-hybridized carbons (Fsp3) is 0.318. The van der Waals surface area contributed by atoms with Crippen molar-refractivity contribution in [1.82, 2.24) is 9.55 Å². The largest absolute Gasteiger partial charge is 0.497 e. The summed E-state index contributed by atoms with van der Waals surface area (Å²) in [6.07, 6.45) is 3.91. The first kappa shape index (κ1) is 18.2. The SMILES string of the molecule is COc1ccc(COC(=O)c2ccc3c(=O)n4c(nc3c2)CCCCC4)cc1. The maximum absolute atomic E-state index is 12.8. The normalized spacial score (nSPS) is 13.6. The van der Waals surface area contributed by atoms with Gasteiger partial charge in [0.2, 0.25) is 0 Å². The third kappa shape index (κ3) is 3.63. The Labute approximate surface area is 162 Å². The zero-order chi connectivity index (χ0) is 19.5. The molecule has 0 saturated heterocycles. The first-order valence-electron chi connectivity index (χ1n) is 9.49. The molecule has 0 saturated carbocycles. The van der Waals surface area contributed by atoms with Crippen molar-refractivity contribution in [2.24, 2.45) is 0 Å². The van der Waals surface area contributed by atoms with Gasteiger partial charge in [-0.25, -0.2) is 9.78 Å². The highest BCUT2D eigenvalue weighted by Gasteiger charge is 2.16. The van der Waals surface area contributed by atoms with Gasteiger partial charge in [0.25, 0.3) is 5.56 Å². The van der Waals surface area contributed by atoms with E-state index >= 15 is 0 Å². The Morgan fingerprint density at radius 3 is 2.71 bits per heavy atom. The summed E-state index contributed by atoms with van der Waals surface area (Å²) in [7, 11) is 1.60. The van der Waals surface area contributed by atoms with Gasteiger partial charge in [-0.15, -0.1) is 0 Å². The van der Waals surface area contributed by atoms with E-state index in [0.717, 1.165) is 42.8 Å². The Morgan fingerprint density at radius 2 is 1.93 bits per heavy atom.